The number of anilines is 1. The minimum atomic E-state index is 0.176. The van der Waals surface area contributed by atoms with Crippen LogP contribution in [0.5, 0.6) is 0 Å². The van der Waals surface area contributed by atoms with E-state index in [0.29, 0.717) is 0 Å². The quantitative estimate of drug-likeness (QED) is 0.859. The van der Waals surface area contributed by atoms with Crippen molar-refractivity contribution in [1.82, 2.24) is 14.8 Å². The summed E-state index contributed by atoms with van der Waals surface area (Å²) in [6, 6.07) is 4.08. The van der Waals surface area contributed by atoms with Crippen LogP contribution < -0.4 is 5.32 Å². The molecule has 1 amide bonds. The monoisotopic (exact) mass is 248 g/mol. The lowest BCUT2D eigenvalue weighted by Gasteiger charge is -2.34. The maximum absolute atomic E-state index is 11.2. The average molecular weight is 248 g/mol. The molecule has 1 saturated heterocycles. The average Bonchev–Trinajstić information content (AvgIpc) is 2.40. The van der Waals surface area contributed by atoms with Crippen LogP contribution in [-0.4, -0.2) is 53.9 Å². The van der Waals surface area contributed by atoms with E-state index < -0.39 is 0 Å². The molecule has 0 aromatic carbocycles. The molecule has 0 aliphatic carbocycles. The van der Waals surface area contributed by atoms with Crippen molar-refractivity contribution < 1.29 is 4.79 Å². The summed E-state index contributed by atoms with van der Waals surface area (Å²) in [5, 5.41) is 3.01. The number of amides is 1. The lowest BCUT2D eigenvalue weighted by molar-refractivity contribution is -0.130. The zero-order chi connectivity index (χ0) is 13.0. The van der Waals surface area contributed by atoms with Gasteiger partial charge >= 0.3 is 0 Å². The zero-order valence-corrected chi connectivity index (χ0v) is 11.0. The molecular weight excluding hydrogens is 228 g/mol. The summed E-state index contributed by atoms with van der Waals surface area (Å²) in [6.45, 7) is 6.08. The third-order valence-electron chi connectivity index (χ3n) is 3.30. The molecule has 18 heavy (non-hydrogen) atoms. The maximum atomic E-state index is 11.2. The number of rotatable bonds is 3. The molecule has 0 radical (unpaired) electrons. The van der Waals surface area contributed by atoms with Crippen molar-refractivity contribution in [3.8, 4) is 0 Å². The fraction of sp³-hybridized carbons (Fsp3) is 0.538. The number of pyridine rings is 1. The molecule has 0 spiro atoms. The highest BCUT2D eigenvalue weighted by Gasteiger charge is 2.18. The standard InChI is InChI=1S/C13H20N4O/c1-11(18)17-7-5-16(6-8-17)10-12-3-4-13(14-2)15-9-12/h3-4,9H,5-8,10H2,1-2H3,(H,14,15). The van der Waals surface area contributed by atoms with Crippen LogP contribution in [0.3, 0.4) is 0 Å². The summed E-state index contributed by atoms with van der Waals surface area (Å²) < 4.78 is 0. The first-order valence-corrected chi connectivity index (χ1v) is 6.29. The molecule has 1 aliphatic rings. The molecule has 1 fully saturated rings. The van der Waals surface area contributed by atoms with E-state index in [1.165, 1.54) is 5.56 Å². The number of piperazine rings is 1. The minimum Gasteiger partial charge on any atom is -0.373 e. The molecule has 0 unspecified atom stereocenters. The molecule has 1 aliphatic heterocycles. The molecule has 5 nitrogen and oxygen atoms in total. The van der Waals surface area contributed by atoms with E-state index in [2.05, 4.69) is 21.3 Å². The van der Waals surface area contributed by atoms with Gasteiger partial charge in [-0.25, -0.2) is 4.98 Å². The molecule has 98 valence electrons. The molecule has 2 rings (SSSR count). The lowest BCUT2D eigenvalue weighted by atomic mass is 10.2. The van der Waals surface area contributed by atoms with E-state index >= 15 is 0 Å². The third kappa shape index (κ3) is 3.20. The Morgan fingerprint density at radius 3 is 2.56 bits per heavy atom. The van der Waals surface area contributed by atoms with Gasteiger partial charge in [-0.1, -0.05) is 6.07 Å². The highest BCUT2D eigenvalue weighted by Crippen LogP contribution is 2.10. The lowest BCUT2D eigenvalue weighted by Crippen LogP contribution is -2.47. The third-order valence-corrected chi connectivity index (χ3v) is 3.30. The van der Waals surface area contributed by atoms with Gasteiger partial charge in [-0.3, -0.25) is 9.69 Å². The molecule has 1 aromatic rings. The van der Waals surface area contributed by atoms with E-state index in [9.17, 15) is 4.79 Å². The van der Waals surface area contributed by atoms with E-state index in [1.54, 1.807) is 6.92 Å². The predicted molar refractivity (Wildman–Crippen MR) is 71.3 cm³/mol. The summed E-state index contributed by atoms with van der Waals surface area (Å²) in [4.78, 5) is 19.8. The number of carbonyl (C=O) groups excluding carboxylic acids is 1. The van der Waals surface area contributed by atoms with E-state index in [1.807, 2.05) is 24.2 Å². The van der Waals surface area contributed by atoms with E-state index in [-0.39, 0.29) is 5.91 Å². The first-order valence-electron chi connectivity index (χ1n) is 6.29. The van der Waals surface area contributed by atoms with Gasteiger partial charge in [-0.15, -0.1) is 0 Å². The second-order valence-electron chi connectivity index (χ2n) is 4.58. The van der Waals surface area contributed by atoms with Crippen molar-refractivity contribution in [2.24, 2.45) is 0 Å². The van der Waals surface area contributed by atoms with Gasteiger partial charge in [0.05, 0.1) is 0 Å². The number of nitrogens with zero attached hydrogens (tertiary/aromatic N) is 3. The summed E-state index contributed by atoms with van der Waals surface area (Å²) in [5.74, 6) is 1.06. The van der Waals surface area contributed by atoms with Gasteiger partial charge in [0.25, 0.3) is 0 Å². The maximum Gasteiger partial charge on any atom is 0.219 e. The fourth-order valence-corrected chi connectivity index (χ4v) is 2.14. The molecule has 2 heterocycles. The van der Waals surface area contributed by atoms with E-state index in [0.717, 1.165) is 38.5 Å². The van der Waals surface area contributed by atoms with Gasteiger partial charge in [0, 0.05) is 52.9 Å². The highest BCUT2D eigenvalue weighted by atomic mass is 16.2. The number of hydrogen-bond acceptors (Lipinski definition) is 4. The zero-order valence-electron chi connectivity index (χ0n) is 11.0. The smallest absolute Gasteiger partial charge is 0.219 e. The number of carbonyl (C=O) groups is 1. The van der Waals surface area contributed by atoms with Crippen molar-refractivity contribution in [3.63, 3.8) is 0 Å². The summed E-state index contributed by atoms with van der Waals surface area (Å²) in [7, 11) is 1.86. The number of hydrogen-bond donors (Lipinski definition) is 1. The Balaban J connectivity index is 1.85. The van der Waals surface area contributed by atoms with Crippen molar-refractivity contribution >= 4 is 11.7 Å². The van der Waals surface area contributed by atoms with Gasteiger partial charge in [0.15, 0.2) is 0 Å². The minimum absolute atomic E-state index is 0.176. The second kappa shape index (κ2) is 5.82. The second-order valence-corrected chi connectivity index (χ2v) is 4.58. The number of nitrogens with one attached hydrogen (secondary N) is 1. The van der Waals surface area contributed by atoms with Crippen molar-refractivity contribution in [3.05, 3.63) is 23.9 Å². The van der Waals surface area contributed by atoms with Gasteiger partial charge < -0.3 is 10.2 Å². The Kier molecular flexibility index (Phi) is 4.15. The SMILES string of the molecule is CNc1ccc(CN2CCN(C(C)=O)CC2)cn1. The Morgan fingerprint density at radius 1 is 1.33 bits per heavy atom. The van der Waals surface area contributed by atoms with Gasteiger partial charge in [0.2, 0.25) is 5.91 Å². The van der Waals surface area contributed by atoms with Crippen LogP contribution in [0, 0.1) is 0 Å². The van der Waals surface area contributed by atoms with Crippen LogP contribution in [-0.2, 0) is 11.3 Å². The van der Waals surface area contributed by atoms with E-state index in [4.69, 9.17) is 0 Å². The molecule has 0 atom stereocenters. The molecular formula is C13H20N4O. The van der Waals surface area contributed by atoms with Crippen LogP contribution in [0.2, 0.25) is 0 Å². The van der Waals surface area contributed by atoms with Gasteiger partial charge in [-0.05, 0) is 11.6 Å². The van der Waals surface area contributed by atoms with Crippen LogP contribution in [0.25, 0.3) is 0 Å². The first kappa shape index (κ1) is 12.8. The first-order chi connectivity index (χ1) is 8.69. The molecule has 1 aromatic heterocycles. The van der Waals surface area contributed by atoms with Crippen LogP contribution in [0.4, 0.5) is 5.82 Å². The summed E-state index contributed by atoms with van der Waals surface area (Å²) in [6.07, 6.45) is 1.91. The van der Waals surface area contributed by atoms with Crippen molar-refractivity contribution in [2.75, 3.05) is 38.5 Å². The Labute approximate surface area is 108 Å². The van der Waals surface area contributed by atoms with Crippen molar-refractivity contribution in [1.29, 1.82) is 0 Å². The summed E-state index contributed by atoms with van der Waals surface area (Å²) in [5.41, 5.74) is 1.21. The Bertz CT molecular complexity index is 396. The Hall–Kier alpha value is -1.62. The molecule has 1 N–H and O–H groups in total. The van der Waals surface area contributed by atoms with Crippen molar-refractivity contribution in [2.45, 2.75) is 13.5 Å². The normalized spacial score (nSPS) is 16.7. The molecule has 5 heteroatoms. The summed E-state index contributed by atoms with van der Waals surface area (Å²) >= 11 is 0. The number of aromatic nitrogens is 1. The largest absolute Gasteiger partial charge is 0.373 e. The Morgan fingerprint density at radius 2 is 2.06 bits per heavy atom. The topological polar surface area (TPSA) is 48.5 Å². The fourth-order valence-electron chi connectivity index (χ4n) is 2.14. The van der Waals surface area contributed by atoms with Gasteiger partial charge in [-0.2, -0.15) is 0 Å². The van der Waals surface area contributed by atoms with Crippen LogP contribution in [0.1, 0.15) is 12.5 Å². The molecule has 0 saturated carbocycles. The van der Waals surface area contributed by atoms with Crippen LogP contribution >= 0.6 is 0 Å². The van der Waals surface area contributed by atoms with Gasteiger partial charge in [0.1, 0.15) is 5.82 Å². The van der Waals surface area contributed by atoms with Crippen LogP contribution in [0.15, 0.2) is 18.3 Å². The molecule has 0 bridgehead atoms. The predicted octanol–water partition coefficient (Wildman–Crippen LogP) is 0.787. The highest BCUT2D eigenvalue weighted by molar-refractivity contribution is 5.73.